The highest BCUT2D eigenvalue weighted by atomic mass is 16.3. The van der Waals surface area contributed by atoms with Crippen LogP contribution in [0.15, 0.2) is 30.3 Å². The molecule has 1 heterocycles. The van der Waals surface area contributed by atoms with Crippen molar-refractivity contribution < 1.29 is 5.11 Å². The molecule has 1 N–H and O–H groups in total. The van der Waals surface area contributed by atoms with Gasteiger partial charge in [0.2, 0.25) is 0 Å². The minimum atomic E-state index is 0.267. The number of nitrogens with zero attached hydrogens (tertiary/aromatic N) is 1. The van der Waals surface area contributed by atoms with E-state index in [2.05, 4.69) is 49.1 Å². The molecule has 1 unspecified atom stereocenters. The van der Waals surface area contributed by atoms with E-state index >= 15 is 0 Å². The lowest BCUT2D eigenvalue weighted by Crippen LogP contribution is -2.61. The topological polar surface area (TPSA) is 23.5 Å². The van der Waals surface area contributed by atoms with Gasteiger partial charge in [-0.2, -0.15) is 0 Å². The molecular formula is C18H29NO. The summed E-state index contributed by atoms with van der Waals surface area (Å²) in [5.74, 6) is 0. The first-order chi connectivity index (χ1) is 9.73. The zero-order valence-electron chi connectivity index (χ0n) is 13.0. The molecule has 0 amide bonds. The molecule has 0 saturated carbocycles. The number of benzene rings is 1. The highest BCUT2D eigenvalue weighted by Crippen LogP contribution is 2.40. The average molecular weight is 275 g/mol. The van der Waals surface area contributed by atoms with E-state index in [0.29, 0.717) is 11.5 Å². The monoisotopic (exact) mass is 275 g/mol. The fraction of sp³-hybridized carbons (Fsp3) is 0.667. The molecule has 0 aliphatic carbocycles. The van der Waals surface area contributed by atoms with E-state index in [1.165, 1.54) is 44.3 Å². The van der Waals surface area contributed by atoms with Crippen LogP contribution in [0, 0.1) is 5.41 Å². The molecular weight excluding hydrogens is 246 g/mol. The third kappa shape index (κ3) is 3.62. The number of hydrogen-bond donors (Lipinski definition) is 1. The first kappa shape index (κ1) is 15.5. The Balaban J connectivity index is 1.91. The molecule has 0 spiro atoms. The number of likely N-dealkylation sites (tertiary alicyclic amines) is 1. The lowest BCUT2D eigenvalue weighted by atomic mass is 9.72. The normalized spacial score (nSPS) is 19.6. The second kappa shape index (κ2) is 7.24. The zero-order valence-corrected chi connectivity index (χ0v) is 13.0. The number of aliphatic hydroxyl groups is 1. The highest BCUT2D eigenvalue weighted by molar-refractivity contribution is 5.16. The van der Waals surface area contributed by atoms with E-state index in [1.54, 1.807) is 0 Å². The molecule has 2 nitrogen and oxygen atoms in total. The van der Waals surface area contributed by atoms with E-state index in [1.807, 2.05) is 0 Å². The fourth-order valence-electron chi connectivity index (χ4n) is 3.77. The quantitative estimate of drug-likeness (QED) is 0.785. The van der Waals surface area contributed by atoms with Gasteiger partial charge in [-0.05, 0) is 30.2 Å². The minimum Gasteiger partial charge on any atom is -0.395 e. The highest BCUT2D eigenvalue weighted by Gasteiger charge is 2.43. The molecule has 1 aromatic carbocycles. The smallest absolute Gasteiger partial charge is 0.0590 e. The van der Waals surface area contributed by atoms with Crippen LogP contribution in [0.2, 0.25) is 0 Å². The Hall–Kier alpha value is -0.860. The van der Waals surface area contributed by atoms with Crippen molar-refractivity contribution in [3.05, 3.63) is 35.9 Å². The maximum Gasteiger partial charge on any atom is 0.0590 e. The van der Waals surface area contributed by atoms with Crippen LogP contribution in [0.5, 0.6) is 0 Å². The van der Waals surface area contributed by atoms with Gasteiger partial charge in [0.05, 0.1) is 6.61 Å². The van der Waals surface area contributed by atoms with Gasteiger partial charge in [0.25, 0.3) is 0 Å². The molecule has 2 rings (SSSR count). The Labute approximate surface area is 123 Å². The summed E-state index contributed by atoms with van der Waals surface area (Å²) in [5, 5.41) is 9.71. The van der Waals surface area contributed by atoms with Gasteiger partial charge in [-0.3, -0.25) is 4.90 Å². The summed E-state index contributed by atoms with van der Waals surface area (Å²) < 4.78 is 0. The summed E-state index contributed by atoms with van der Waals surface area (Å²) in [5.41, 5.74) is 1.86. The summed E-state index contributed by atoms with van der Waals surface area (Å²) in [4.78, 5) is 2.48. The second-order valence-electron chi connectivity index (χ2n) is 6.43. The van der Waals surface area contributed by atoms with E-state index in [4.69, 9.17) is 0 Å². The maximum atomic E-state index is 9.71. The molecule has 1 aliphatic rings. The van der Waals surface area contributed by atoms with Crippen molar-refractivity contribution in [3.8, 4) is 0 Å². The predicted octanol–water partition coefficient (Wildman–Crippen LogP) is 3.49. The van der Waals surface area contributed by atoms with Gasteiger partial charge in [-0.25, -0.2) is 0 Å². The van der Waals surface area contributed by atoms with Crippen molar-refractivity contribution in [1.82, 2.24) is 4.90 Å². The average Bonchev–Trinajstić information content (AvgIpc) is 2.43. The molecule has 2 heteroatoms. The van der Waals surface area contributed by atoms with Gasteiger partial charge in [0, 0.05) is 19.1 Å². The van der Waals surface area contributed by atoms with Crippen LogP contribution in [0.1, 0.15) is 45.1 Å². The predicted molar refractivity (Wildman–Crippen MR) is 84.8 cm³/mol. The van der Waals surface area contributed by atoms with Crippen LogP contribution in [0.4, 0.5) is 0 Å². The first-order valence-electron chi connectivity index (χ1n) is 8.12. The number of rotatable bonds is 8. The molecule has 1 atom stereocenters. The molecule has 0 bridgehead atoms. The number of aliphatic hydroxyl groups excluding tert-OH is 1. The lowest BCUT2D eigenvalue weighted by molar-refractivity contribution is -0.0565. The van der Waals surface area contributed by atoms with E-state index in [-0.39, 0.29) is 6.61 Å². The van der Waals surface area contributed by atoms with Gasteiger partial charge < -0.3 is 5.11 Å². The van der Waals surface area contributed by atoms with Crippen molar-refractivity contribution in [1.29, 1.82) is 0 Å². The van der Waals surface area contributed by atoms with Gasteiger partial charge in [-0.1, -0.05) is 57.0 Å². The molecule has 0 aromatic heterocycles. The van der Waals surface area contributed by atoms with Crippen molar-refractivity contribution in [2.75, 3.05) is 19.7 Å². The van der Waals surface area contributed by atoms with Gasteiger partial charge in [-0.15, -0.1) is 0 Å². The first-order valence-corrected chi connectivity index (χ1v) is 8.12. The Kier molecular flexibility index (Phi) is 5.62. The van der Waals surface area contributed by atoms with Crippen LogP contribution in [0.3, 0.4) is 0 Å². The molecule has 20 heavy (non-hydrogen) atoms. The van der Waals surface area contributed by atoms with Gasteiger partial charge >= 0.3 is 0 Å². The van der Waals surface area contributed by atoms with Crippen molar-refractivity contribution in [3.63, 3.8) is 0 Å². The molecule has 0 radical (unpaired) electrons. The summed E-state index contributed by atoms with van der Waals surface area (Å²) in [6.07, 6.45) is 6.18. The van der Waals surface area contributed by atoms with Crippen LogP contribution >= 0.6 is 0 Å². The minimum absolute atomic E-state index is 0.267. The SMILES string of the molecule is CCCC1(CCC)CN(C(CO)Cc2ccccc2)C1. The van der Waals surface area contributed by atoms with E-state index < -0.39 is 0 Å². The maximum absolute atomic E-state index is 9.71. The summed E-state index contributed by atoms with van der Waals surface area (Å²) in [6, 6.07) is 10.8. The lowest BCUT2D eigenvalue weighted by Gasteiger charge is -2.53. The summed E-state index contributed by atoms with van der Waals surface area (Å²) >= 11 is 0. The van der Waals surface area contributed by atoms with Crippen LogP contribution in [-0.4, -0.2) is 35.7 Å². The van der Waals surface area contributed by atoms with Crippen LogP contribution < -0.4 is 0 Å². The van der Waals surface area contributed by atoms with Crippen molar-refractivity contribution >= 4 is 0 Å². The van der Waals surface area contributed by atoms with Crippen LogP contribution in [0.25, 0.3) is 0 Å². The fourth-order valence-corrected chi connectivity index (χ4v) is 3.77. The molecule has 1 aliphatic heterocycles. The molecule has 1 saturated heterocycles. The molecule has 1 fully saturated rings. The molecule has 112 valence electrons. The Bertz CT molecular complexity index is 376. The second-order valence-corrected chi connectivity index (χ2v) is 6.43. The third-order valence-corrected chi connectivity index (χ3v) is 4.68. The Morgan fingerprint density at radius 1 is 1.10 bits per heavy atom. The Morgan fingerprint density at radius 2 is 1.70 bits per heavy atom. The number of hydrogen-bond acceptors (Lipinski definition) is 2. The van der Waals surface area contributed by atoms with Gasteiger partial charge in [0.1, 0.15) is 0 Å². The zero-order chi connectivity index (χ0) is 14.4. The van der Waals surface area contributed by atoms with Crippen molar-refractivity contribution in [2.24, 2.45) is 5.41 Å². The van der Waals surface area contributed by atoms with Crippen LogP contribution in [-0.2, 0) is 6.42 Å². The standard InChI is InChI=1S/C18H29NO/c1-3-10-18(11-4-2)14-19(15-18)17(13-20)12-16-8-6-5-7-9-16/h5-9,17,20H,3-4,10-15H2,1-2H3. The van der Waals surface area contributed by atoms with E-state index in [0.717, 1.165) is 6.42 Å². The molecule has 1 aromatic rings. The largest absolute Gasteiger partial charge is 0.395 e. The van der Waals surface area contributed by atoms with Crippen molar-refractivity contribution in [2.45, 2.75) is 52.0 Å². The Morgan fingerprint density at radius 3 is 2.20 bits per heavy atom. The third-order valence-electron chi connectivity index (χ3n) is 4.68. The summed E-state index contributed by atoms with van der Waals surface area (Å²) in [7, 11) is 0. The summed E-state index contributed by atoms with van der Waals surface area (Å²) in [6.45, 7) is 7.18. The van der Waals surface area contributed by atoms with Gasteiger partial charge in [0.15, 0.2) is 0 Å². The van der Waals surface area contributed by atoms with E-state index in [9.17, 15) is 5.11 Å².